The number of nitrogens with two attached hydrogens (primary N) is 1. The molecule has 0 unspecified atom stereocenters. The molecule has 4 aromatic rings. The molecule has 0 aliphatic carbocycles. The van der Waals surface area contributed by atoms with Gasteiger partial charge in [-0.15, -0.1) is 0 Å². The SMILES string of the molecule is CCN(CC)c1ccc(-c2cc(Cc3cc(Cl)ccc3Br)c3c(N)ncnc3n2)cc1. The van der Waals surface area contributed by atoms with Crippen molar-refractivity contribution in [2.24, 2.45) is 0 Å². The van der Waals surface area contributed by atoms with E-state index < -0.39 is 0 Å². The van der Waals surface area contributed by atoms with E-state index in [9.17, 15) is 0 Å². The van der Waals surface area contributed by atoms with Gasteiger partial charge in [0.05, 0.1) is 11.1 Å². The largest absolute Gasteiger partial charge is 0.383 e. The third-order valence-electron chi connectivity index (χ3n) is 5.40. The second-order valence-electron chi connectivity index (χ2n) is 7.26. The average Bonchev–Trinajstić information content (AvgIpc) is 2.77. The minimum Gasteiger partial charge on any atom is -0.383 e. The van der Waals surface area contributed by atoms with Gasteiger partial charge < -0.3 is 10.6 Å². The first kappa shape index (κ1) is 21.5. The Kier molecular flexibility index (Phi) is 6.39. The quantitative estimate of drug-likeness (QED) is 0.348. The lowest BCUT2D eigenvalue weighted by Gasteiger charge is -2.21. The lowest BCUT2D eigenvalue weighted by atomic mass is 9.99. The molecule has 2 N–H and O–H groups in total. The summed E-state index contributed by atoms with van der Waals surface area (Å²) in [6, 6.07) is 16.3. The maximum Gasteiger partial charge on any atom is 0.165 e. The van der Waals surface area contributed by atoms with Crippen molar-refractivity contribution in [3.8, 4) is 11.3 Å². The maximum absolute atomic E-state index is 6.24. The number of nitrogen functional groups attached to an aromatic ring is 1. The summed E-state index contributed by atoms with van der Waals surface area (Å²) in [5, 5.41) is 1.46. The van der Waals surface area contributed by atoms with E-state index in [4.69, 9.17) is 22.3 Å². The Morgan fingerprint density at radius 3 is 2.42 bits per heavy atom. The number of halogens is 2. The zero-order valence-electron chi connectivity index (χ0n) is 17.4. The number of fused-ring (bicyclic) bond motifs is 1. The number of aromatic nitrogens is 3. The molecule has 0 spiro atoms. The molecule has 0 fully saturated rings. The summed E-state index contributed by atoms with van der Waals surface area (Å²) >= 11 is 9.86. The highest BCUT2D eigenvalue weighted by atomic mass is 79.9. The van der Waals surface area contributed by atoms with Crippen molar-refractivity contribution in [2.45, 2.75) is 20.3 Å². The summed E-state index contributed by atoms with van der Waals surface area (Å²) in [5.74, 6) is 0.425. The molecule has 0 bridgehead atoms. The summed E-state index contributed by atoms with van der Waals surface area (Å²) in [6.45, 7) is 6.26. The van der Waals surface area contributed by atoms with Gasteiger partial charge in [-0.25, -0.2) is 15.0 Å². The van der Waals surface area contributed by atoms with Crippen molar-refractivity contribution in [1.82, 2.24) is 15.0 Å². The van der Waals surface area contributed by atoms with E-state index >= 15 is 0 Å². The van der Waals surface area contributed by atoms with E-state index in [1.165, 1.54) is 12.0 Å². The normalized spacial score (nSPS) is 11.1. The molecule has 0 aliphatic rings. The average molecular weight is 497 g/mol. The molecule has 2 aromatic carbocycles. The van der Waals surface area contributed by atoms with Gasteiger partial charge in [-0.3, -0.25) is 0 Å². The topological polar surface area (TPSA) is 67.9 Å². The Morgan fingerprint density at radius 1 is 0.968 bits per heavy atom. The molecule has 4 rings (SSSR count). The van der Waals surface area contributed by atoms with Crippen LogP contribution in [0.4, 0.5) is 11.5 Å². The highest BCUT2D eigenvalue weighted by Gasteiger charge is 2.14. The van der Waals surface area contributed by atoms with E-state index in [-0.39, 0.29) is 0 Å². The van der Waals surface area contributed by atoms with Crippen LogP contribution in [0.25, 0.3) is 22.3 Å². The number of benzene rings is 2. The summed E-state index contributed by atoms with van der Waals surface area (Å²) in [6.07, 6.45) is 2.08. The predicted molar refractivity (Wildman–Crippen MR) is 133 cm³/mol. The Balaban J connectivity index is 1.82. The second-order valence-corrected chi connectivity index (χ2v) is 8.55. The zero-order chi connectivity index (χ0) is 22.0. The van der Waals surface area contributed by atoms with E-state index in [0.29, 0.717) is 22.9 Å². The van der Waals surface area contributed by atoms with Crippen molar-refractivity contribution >= 4 is 50.1 Å². The second kappa shape index (κ2) is 9.20. The fourth-order valence-corrected chi connectivity index (χ4v) is 4.35. The van der Waals surface area contributed by atoms with Crippen LogP contribution in [0.1, 0.15) is 25.0 Å². The molecule has 5 nitrogen and oxygen atoms in total. The third-order valence-corrected chi connectivity index (χ3v) is 6.40. The van der Waals surface area contributed by atoms with Crippen molar-refractivity contribution in [1.29, 1.82) is 0 Å². The highest BCUT2D eigenvalue weighted by Crippen LogP contribution is 2.31. The van der Waals surface area contributed by atoms with Gasteiger partial charge in [0.2, 0.25) is 0 Å². The van der Waals surface area contributed by atoms with Crippen LogP contribution in [-0.2, 0) is 6.42 Å². The number of anilines is 2. The monoisotopic (exact) mass is 495 g/mol. The van der Waals surface area contributed by atoms with Crippen LogP contribution in [0.2, 0.25) is 5.02 Å². The van der Waals surface area contributed by atoms with Crippen LogP contribution in [0.5, 0.6) is 0 Å². The fourth-order valence-electron chi connectivity index (χ4n) is 3.77. The molecule has 2 heterocycles. The molecule has 0 atom stereocenters. The van der Waals surface area contributed by atoms with Gasteiger partial charge >= 0.3 is 0 Å². The van der Waals surface area contributed by atoms with Gasteiger partial charge in [-0.2, -0.15) is 0 Å². The van der Waals surface area contributed by atoms with Gasteiger partial charge in [-0.1, -0.05) is 39.7 Å². The number of hydrogen-bond donors (Lipinski definition) is 1. The Bertz CT molecular complexity index is 1220. The van der Waals surface area contributed by atoms with Crippen LogP contribution in [0, 0.1) is 0 Å². The van der Waals surface area contributed by atoms with E-state index in [1.54, 1.807) is 0 Å². The first-order valence-corrected chi connectivity index (χ1v) is 11.4. The van der Waals surface area contributed by atoms with E-state index in [2.05, 4.69) is 75.0 Å². The van der Waals surface area contributed by atoms with Gasteiger partial charge in [0.25, 0.3) is 0 Å². The van der Waals surface area contributed by atoms with Crippen molar-refractivity contribution in [3.05, 3.63) is 75.5 Å². The maximum atomic E-state index is 6.24. The third kappa shape index (κ3) is 4.50. The first-order chi connectivity index (χ1) is 15.0. The molecular weight excluding hydrogens is 474 g/mol. The van der Waals surface area contributed by atoms with E-state index in [0.717, 1.165) is 45.3 Å². The molecule has 0 saturated carbocycles. The molecular formula is C24H23BrClN5. The first-order valence-electron chi connectivity index (χ1n) is 10.2. The number of rotatable bonds is 6. The van der Waals surface area contributed by atoms with Crippen molar-refractivity contribution in [3.63, 3.8) is 0 Å². The molecule has 158 valence electrons. The summed E-state index contributed by atoms with van der Waals surface area (Å²) in [5.41, 5.74) is 12.0. The summed E-state index contributed by atoms with van der Waals surface area (Å²) in [4.78, 5) is 15.7. The van der Waals surface area contributed by atoms with Gasteiger partial charge in [0.1, 0.15) is 12.1 Å². The standard InChI is InChI=1S/C24H23BrClN5/c1-3-31(4-2)19-8-5-15(6-9-19)21-13-17(11-16-12-18(26)7-10-20(16)25)22-23(27)28-14-29-24(22)30-21/h5-10,12-14H,3-4,11H2,1-2H3,(H2,27,28,29,30). The molecule has 0 amide bonds. The van der Waals surface area contributed by atoms with Crippen molar-refractivity contribution < 1.29 is 0 Å². The number of pyridine rings is 1. The Hall–Kier alpha value is -2.70. The lowest BCUT2D eigenvalue weighted by Crippen LogP contribution is -2.21. The minimum absolute atomic E-state index is 0.425. The van der Waals surface area contributed by atoms with Crippen LogP contribution >= 0.6 is 27.5 Å². The summed E-state index contributed by atoms with van der Waals surface area (Å²) < 4.78 is 0.988. The van der Waals surface area contributed by atoms with Crippen LogP contribution < -0.4 is 10.6 Å². The number of nitrogens with zero attached hydrogens (tertiary/aromatic N) is 4. The molecule has 0 saturated heterocycles. The molecule has 31 heavy (non-hydrogen) atoms. The van der Waals surface area contributed by atoms with Gasteiger partial charge in [-0.05, 0) is 67.8 Å². The van der Waals surface area contributed by atoms with Crippen molar-refractivity contribution in [2.75, 3.05) is 23.7 Å². The van der Waals surface area contributed by atoms with Gasteiger partial charge in [0, 0.05) is 33.8 Å². The van der Waals surface area contributed by atoms with E-state index in [1.807, 2.05) is 18.2 Å². The molecule has 0 radical (unpaired) electrons. The van der Waals surface area contributed by atoms with Crippen LogP contribution in [0.3, 0.4) is 0 Å². The highest BCUT2D eigenvalue weighted by molar-refractivity contribution is 9.10. The predicted octanol–water partition coefficient (Wildman–Crippen LogP) is 6.13. The fraction of sp³-hybridized carbons (Fsp3) is 0.208. The Morgan fingerprint density at radius 2 is 1.71 bits per heavy atom. The Labute approximate surface area is 195 Å². The zero-order valence-corrected chi connectivity index (χ0v) is 19.8. The minimum atomic E-state index is 0.425. The molecule has 2 aromatic heterocycles. The van der Waals surface area contributed by atoms with Crippen LogP contribution in [-0.4, -0.2) is 28.0 Å². The van der Waals surface area contributed by atoms with Gasteiger partial charge in [0.15, 0.2) is 5.65 Å². The van der Waals surface area contributed by atoms with Crippen LogP contribution in [0.15, 0.2) is 59.3 Å². The molecule has 0 aliphatic heterocycles. The number of hydrogen-bond acceptors (Lipinski definition) is 5. The smallest absolute Gasteiger partial charge is 0.165 e. The lowest BCUT2D eigenvalue weighted by molar-refractivity contribution is 0.866. The molecule has 7 heteroatoms. The summed E-state index contributed by atoms with van der Waals surface area (Å²) in [7, 11) is 0.